The zero-order chi connectivity index (χ0) is 12.5. The normalized spacial score (nSPS) is 23.9. The fourth-order valence-corrected chi connectivity index (χ4v) is 2.30. The summed E-state index contributed by atoms with van der Waals surface area (Å²) in [5, 5.41) is 8.97. The molecule has 0 aliphatic carbocycles. The third kappa shape index (κ3) is 2.18. The third-order valence-electron chi connectivity index (χ3n) is 3.32. The summed E-state index contributed by atoms with van der Waals surface area (Å²) in [6.45, 7) is 3.18. The van der Waals surface area contributed by atoms with Gasteiger partial charge in [0, 0.05) is 6.61 Å². The summed E-state index contributed by atoms with van der Waals surface area (Å²) < 4.78 is 5.35. The Labute approximate surface area is 100 Å². The van der Waals surface area contributed by atoms with E-state index >= 15 is 0 Å². The molecule has 0 bridgehead atoms. The number of aryl methyl sites for hydroxylation is 1. The zero-order valence-electron chi connectivity index (χ0n) is 9.90. The van der Waals surface area contributed by atoms with Gasteiger partial charge in [-0.1, -0.05) is 13.0 Å². The highest BCUT2D eigenvalue weighted by Gasteiger charge is 2.34. The average Bonchev–Trinajstić information content (AvgIpc) is 2.76. The largest absolute Gasteiger partial charge is 0.478 e. The molecule has 4 heteroatoms. The molecule has 1 aromatic rings. The maximum atomic E-state index is 10.9. The number of carboxylic acid groups (broad SMARTS) is 1. The van der Waals surface area contributed by atoms with E-state index < -0.39 is 11.5 Å². The van der Waals surface area contributed by atoms with E-state index in [0.717, 1.165) is 24.0 Å². The highest BCUT2D eigenvalue weighted by atomic mass is 16.5. The lowest BCUT2D eigenvalue weighted by Crippen LogP contribution is -2.38. The number of hydrogen-bond acceptors (Lipinski definition) is 3. The predicted octanol–water partition coefficient (Wildman–Crippen LogP) is 1.52. The maximum absolute atomic E-state index is 10.9. The summed E-state index contributed by atoms with van der Waals surface area (Å²) in [6, 6.07) is 5.16. The Morgan fingerprint density at radius 3 is 2.88 bits per heavy atom. The Kier molecular flexibility index (Phi) is 3.17. The van der Waals surface area contributed by atoms with Crippen LogP contribution in [0.3, 0.4) is 0 Å². The minimum Gasteiger partial charge on any atom is -0.478 e. The van der Waals surface area contributed by atoms with Gasteiger partial charge in [-0.05, 0) is 36.1 Å². The first-order valence-electron chi connectivity index (χ1n) is 5.80. The number of rotatable bonds is 3. The van der Waals surface area contributed by atoms with Crippen LogP contribution in [0.1, 0.15) is 34.8 Å². The molecule has 1 aliphatic rings. The van der Waals surface area contributed by atoms with Crippen LogP contribution in [0.5, 0.6) is 0 Å². The molecule has 0 spiro atoms. The first-order valence-corrected chi connectivity index (χ1v) is 5.80. The lowest BCUT2D eigenvalue weighted by molar-refractivity contribution is 0.0696. The summed E-state index contributed by atoms with van der Waals surface area (Å²) in [7, 11) is 0. The second-order valence-electron chi connectivity index (χ2n) is 4.49. The topological polar surface area (TPSA) is 72.5 Å². The number of hydrogen-bond donors (Lipinski definition) is 2. The average molecular weight is 235 g/mol. The molecule has 0 aromatic heterocycles. The van der Waals surface area contributed by atoms with Gasteiger partial charge in [0.15, 0.2) is 0 Å². The number of benzene rings is 1. The number of carbonyl (C=O) groups is 1. The minimum absolute atomic E-state index is 0.313. The van der Waals surface area contributed by atoms with Gasteiger partial charge < -0.3 is 15.6 Å². The van der Waals surface area contributed by atoms with Crippen LogP contribution >= 0.6 is 0 Å². The zero-order valence-corrected chi connectivity index (χ0v) is 9.90. The molecule has 1 atom stereocenters. The standard InChI is InChI=1S/C13H17NO3/c1-2-9-7-10(12(15)16)3-4-11(9)13(14)5-6-17-8-13/h3-4,7H,2,5-6,8,14H2,1H3,(H,15,16). The monoisotopic (exact) mass is 235 g/mol. The van der Waals surface area contributed by atoms with Gasteiger partial charge in [-0.3, -0.25) is 0 Å². The molecule has 92 valence electrons. The van der Waals surface area contributed by atoms with Crippen molar-refractivity contribution in [3.05, 3.63) is 34.9 Å². The van der Waals surface area contributed by atoms with Gasteiger partial charge in [0.05, 0.1) is 17.7 Å². The molecule has 1 unspecified atom stereocenters. The van der Waals surface area contributed by atoms with Crippen molar-refractivity contribution in [2.24, 2.45) is 5.73 Å². The van der Waals surface area contributed by atoms with Crippen molar-refractivity contribution in [1.82, 2.24) is 0 Å². The van der Waals surface area contributed by atoms with E-state index in [4.69, 9.17) is 15.6 Å². The summed E-state index contributed by atoms with van der Waals surface area (Å²) in [4.78, 5) is 10.9. The summed E-state index contributed by atoms with van der Waals surface area (Å²) in [5.41, 5.74) is 8.18. The quantitative estimate of drug-likeness (QED) is 0.833. The van der Waals surface area contributed by atoms with Gasteiger partial charge in [0.1, 0.15) is 0 Å². The van der Waals surface area contributed by atoms with Crippen LogP contribution in [-0.2, 0) is 16.7 Å². The Bertz CT molecular complexity index is 436. The van der Waals surface area contributed by atoms with E-state index in [2.05, 4.69) is 0 Å². The molecule has 1 fully saturated rings. The molecule has 1 aliphatic heterocycles. The van der Waals surface area contributed by atoms with Gasteiger partial charge in [0.2, 0.25) is 0 Å². The summed E-state index contributed by atoms with van der Waals surface area (Å²) in [6.07, 6.45) is 1.56. The molecule has 0 saturated carbocycles. The maximum Gasteiger partial charge on any atom is 0.335 e. The molecular weight excluding hydrogens is 218 g/mol. The lowest BCUT2D eigenvalue weighted by atomic mass is 9.85. The summed E-state index contributed by atoms with van der Waals surface area (Å²) >= 11 is 0. The molecule has 17 heavy (non-hydrogen) atoms. The number of ether oxygens (including phenoxy) is 1. The minimum atomic E-state index is -0.903. The van der Waals surface area contributed by atoms with Crippen LogP contribution in [0.25, 0.3) is 0 Å². The van der Waals surface area contributed by atoms with E-state index in [1.54, 1.807) is 12.1 Å². The second kappa shape index (κ2) is 4.47. The van der Waals surface area contributed by atoms with Crippen molar-refractivity contribution in [1.29, 1.82) is 0 Å². The van der Waals surface area contributed by atoms with Crippen molar-refractivity contribution < 1.29 is 14.6 Å². The van der Waals surface area contributed by atoms with Crippen LogP contribution in [0, 0.1) is 0 Å². The van der Waals surface area contributed by atoms with Gasteiger partial charge in [-0.25, -0.2) is 4.79 Å². The number of nitrogens with two attached hydrogens (primary N) is 1. The Morgan fingerprint density at radius 1 is 1.59 bits per heavy atom. The van der Waals surface area contributed by atoms with Crippen LogP contribution in [0.15, 0.2) is 18.2 Å². The number of carboxylic acids is 1. The van der Waals surface area contributed by atoms with Gasteiger partial charge >= 0.3 is 5.97 Å². The molecular formula is C13H17NO3. The first kappa shape index (κ1) is 12.1. The van der Waals surface area contributed by atoms with E-state index in [-0.39, 0.29) is 0 Å². The van der Waals surface area contributed by atoms with Crippen LogP contribution in [-0.4, -0.2) is 24.3 Å². The fourth-order valence-electron chi connectivity index (χ4n) is 2.30. The van der Waals surface area contributed by atoms with Gasteiger partial charge in [0.25, 0.3) is 0 Å². The lowest BCUT2D eigenvalue weighted by Gasteiger charge is -2.25. The van der Waals surface area contributed by atoms with Crippen molar-refractivity contribution >= 4 is 5.97 Å². The second-order valence-corrected chi connectivity index (χ2v) is 4.49. The molecule has 3 N–H and O–H groups in total. The SMILES string of the molecule is CCc1cc(C(=O)O)ccc1C1(N)CCOC1. The number of aromatic carboxylic acids is 1. The molecule has 1 heterocycles. The van der Waals surface area contributed by atoms with Crippen molar-refractivity contribution in [2.75, 3.05) is 13.2 Å². The van der Waals surface area contributed by atoms with Crippen molar-refractivity contribution in [3.63, 3.8) is 0 Å². The van der Waals surface area contributed by atoms with Crippen molar-refractivity contribution in [3.8, 4) is 0 Å². The van der Waals surface area contributed by atoms with E-state index in [9.17, 15) is 4.79 Å². The van der Waals surface area contributed by atoms with Crippen molar-refractivity contribution in [2.45, 2.75) is 25.3 Å². The highest BCUT2D eigenvalue weighted by molar-refractivity contribution is 5.88. The summed E-state index contributed by atoms with van der Waals surface area (Å²) in [5.74, 6) is -0.903. The van der Waals surface area contributed by atoms with Crippen LogP contribution < -0.4 is 5.73 Å². The Hall–Kier alpha value is -1.39. The molecule has 2 rings (SSSR count). The van der Waals surface area contributed by atoms with Gasteiger partial charge in [-0.15, -0.1) is 0 Å². The fraction of sp³-hybridized carbons (Fsp3) is 0.462. The van der Waals surface area contributed by atoms with Gasteiger partial charge in [-0.2, -0.15) is 0 Å². The third-order valence-corrected chi connectivity index (χ3v) is 3.32. The highest BCUT2D eigenvalue weighted by Crippen LogP contribution is 2.31. The molecule has 0 amide bonds. The molecule has 0 radical (unpaired) electrons. The Morgan fingerprint density at radius 2 is 2.35 bits per heavy atom. The Balaban J connectivity index is 2.44. The van der Waals surface area contributed by atoms with E-state index in [1.165, 1.54) is 0 Å². The smallest absolute Gasteiger partial charge is 0.335 e. The molecule has 1 saturated heterocycles. The van der Waals surface area contributed by atoms with E-state index in [0.29, 0.717) is 18.8 Å². The first-order chi connectivity index (χ1) is 8.07. The van der Waals surface area contributed by atoms with Crippen LogP contribution in [0.4, 0.5) is 0 Å². The van der Waals surface area contributed by atoms with E-state index in [1.807, 2.05) is 13.0 Å². The van der Waals surface area contributed by atoms with Crippen LogP contribution in [0.2, 0.25) is 0 Å². The predicted molar refractivity (Wildman–Crippen MR) is 64.1 cm³/mol. The molecule has 1 aromatic carbocycles. The molecule has 4 nitrogen and oxygen atoms in total.